The van der Waals surface area contributed by atoms with Crippen LogP contribution < -0.4 is 10.8 Å². The Balaban J connectivity index is 1.66. The van der Waals surface area contributed by atoms with Crippen molar-refractivity contribution >= 4 is 23.0 Å². The number of amides is 1. The summed E-state index contributed by atoms with van der Waals surface area (Å²) in [5, 5.41) is 10.6. The zero-order valence-electron chi connectivity index (χ0n) is 14.0. The van der Waals surface area contributed by atoms with Crippen LogP contribution in [0.25, 0.3) is 11.2 Å². The highest BCUT2D eigenvalue weighted by Crippen LogP contribution is 2.13. The summed E-state index contributed by atoms with van der Waals surface area (Å²) in [7, 11) is 0. The van der Waals surface area contributed by atoms with E-state index < -0.39 is 5.91 Å². The lowest BCUT2D eigenvalue weighted by atomic mass is 10.2. The number of aromatic amines is 1. The molecule has 0 unspecified atom stereocenters. The summed E-state index contributed by atoms with van der Waals surface area (Å²) in [4.78, 5) is 27.5. The van der Waals surface area contributed by atoms with Gasteiger partial charge in [0.2, 0.25) is 5.95 Å². The SMILES string of the molecule is N=c1ncn(Cc2ccc(F)cc2)c2nc(NC(=O)c3ccccn3)[nH]c12. The molecule has 134 valence electrons. The van der Waals surface area contributed by atoms with Crippen LogP contribution in [-0.4, -0.2) is 30.4 Å². The van der Waals surface area contributed by atoms with E-state index in [-0.39, 0.29) is 22.9 Å². The van der Waals surface area contributed by atoms with Crippen molar-refractivity contribution in [3.63, 3.8) is 0 Å². The minimum atomic E-state index is -0.417. The van der Waals surface area contributed by atoms with Crippen molar-refractivity contribution in [2.75, 3.05) is 5.32 Å². The fourth-order valence-electron chi connectivity index (χ4n) is 2.61. The molecular formula is C18H14FN7O. The molecule has 27 heavy (non-hydrogen) atoms. The molecule has 3 N–H and O–H groups in total. The first-order valence-electron chi connectivity index (χ1n) is 8.07. The maximum Gasteiger partial charge on any atom is 0.276 e. The molecule has 0 aliphatic carbocycles. The standard InChI is InChI=1S/C18H14FN7O/c19-12-6-4-11(5-7-12)9-26-10-22-15(20)14-16(26)24-18(23-14)25-17(27)13-3-1-2-8-21-13/h1-8,10,20H,9H2,(H2,23,24,25,27). The first-order chi connectivity index (χ1) is 13.1. The fourth-order valence-corrected chi connectivity index (χ4v) is 2.61. The Morgan fingerprint density at radius 1 is 1.19 bits per heavy atom. The van der Waals surface area contributed by atoms with Gasteiger partial charge in [-0.2, -0.15) is 4.98 Å². The lowest BCUT2D eigenvalue weighted by Crippen LogP contribution is -2.14. The minimum absolute atomic E-state index is 0.00573. The van der Waals surface area contributed by atoms with Crippen LogP contribution in [0, 0.1) is 11.2 Å². The summed E-state index contributed by atoms with van der Waals surface area (Å²) in [5.41, 5.74) is 1.95. The van der Waals surface area contributed by atoms with Gasteiger partial charge >= 0.3 is 0 Å². The van der Waals surface area contributed by atoms with Crippen molar-refractivity contribution in [3.8, 4) is 0 Å². The third-order valence-electron chi connectivity index (χ3n) is 3.92. The van der Waals surface area contributed by atoms with E-state index in [0.29, 0.717) is 17.7 Å². The van der Waals surface area contributed by atoms with E-state index in [1.807, 2.05) is 0 Å². The van der Waals surface area contributed by atoms with Gasteiger partial charge in [0.05, 0.1) is 12.9 Å². The molecule has 0 saturated carbocycles. The number of benzene rings is 1. The first kappa shape index (κ1) is 16.6. The molecule has 1 amide bonds. The van der Waals surface area contributed by atoms with Gasteiger partial charge in [0.1, 0.15) is 17.0 Å². The maximum absolute atomic E-state index is 13.1. The minimum Gasteiger partial charge on any atom is -0.319 e. The van der Waals surface area contributed by atoms with Crippen molar-refractivity contribution < 1.29 is 9.18 Å². The third kappa shape index (κ3) is 3.43. The number of carbonyl (C=O) groups excluding carboxylic acids is 1. The monoisotopic (exact) mass is 363 g/mol. The topological polar surface area (TPSA) is 112 Å². The molecule has 9 heteroatoms. The van der Waals surface area contributed by atoms with E-state index in [1.165, 1.54) is 24.7 Å². The number of anilines is 1. The van der Waals surface area contributed by atoms with Gasteiger partial charge in [-0.15, -0.1) is 0 Å². The highest BCUT2D eigenvalue weighted by Gasteiger charge is 2.13. The molecule has 0 atom stereocenters. The molecule has 0 spiro atoms. The predicted molar refractivity (Wildman–Crippen MR) is 95.4 cm³/mol. The molecule has 0 saturated heterocycles. The first-order valence-corrected chi connectivity index (χ1v) is 8.07. The number of rotatable bonds is 4. The van der Waals surface area contributed by atoms with Crippen LogP contribution in [0.5, 0.6) is 0 Å². The summed E-state index contributed by atoms with van der Waals surface area (Å²) < 4.78 is 14.8. The maximum atomic E-state index is 13.1. The quantitative estimate of drug-likeness (QED) is 0.515. The van der Waals surface area contributed by atoms with Gasteiger partial charge in [-0.3, -0.25) is 20.5 Å². The van der Waals surface area contributed by atoms with Gasteiger partial charge in [-0.1, -0.05) is 18.2 Å². The number of imidazole rings is 1. The molecular weight excluding hydrogens is 349 g/mol. The van der Waals surface area contributed by atoms with E-state index in [1.54, 1.807) is 34.9 Å². The Morgan fingerprint density at radius 3 is 2.74 bits per heavy atom. The highest BCUT2D eigenvalue weighted by atomic mass is 19.1. The van der Waals surface area contributed by atoms with E-state index in [9.17, 15) is 9.18 Å². The average molecular weight is 363 g/mol. The summed E-state index contributed by atoms with van der Waals surface area (Å²) >= 11 is 0. The second-order valence-corrected chi connectivity index (χ2v) is 5.80. The Hall–Kier alpha value is -3.88. The van der Waals surface area contributed by atoms with Crippen LogP contribution in [0.4, 0.5) is 10.3 Å². The van der Waals surface area contributed by atoms with Crippen molar-refractivity contribution in [2.45, 2.75) is 6.54 Å². The van der Waals surface area contributed by atoms with E-state index in [4.69, 9.17) is 5.41 Å². The summed E-state index contributed by atoms with van der Waals surface area (Å²) in [6.45, 7) is 0.391. The van der Waals surface area contributed by atoms with Crippen molar-refractivity contribution in [1.29, 1.82) is 5.41 Å². The third-order valence-corrected chi connectivity index (χ3v) is 3.92. The molecule has 8 nitrogen and oxygen atoms in total. The van der Waals surface area contributed by atoms with Crippen molar-refractivity contribution in [3.05, 3.63) is 77.6 Å². The largest absolute Gasteiger partial charge is 0.319 e. The Bertz CT molecular complexity index is 1170. The number of aromatic nitrogens is 5. The average Bonchev–Trinajstić information content (AvgIpc) is 3.11. The molecule has 1 aromatic carbocycles. The molecule has 4 rings (SSSR count). The second-order valence-electron chi connectivity index (χ2n) is 5.80. The van der Waals surface area contributed by atoms with Crippen LogP contribution in [-0.2, 0) is 6.54 Å². The Labute approximate surface area is 152 Å². The molecule has 0 aliphatic heterocycles. The number of nitrogens with zero attached hydrogens (tertiary/aromatic N) is 4. The van der Waals surface area contributed by atoms with Crippen LogP contribution in [0.1, 0.15) is 16.1 Å². The number of pyridine rings is 1. The number of hydrogen-bond donors (Lipinski definition) is 3. The zero-order valence-corrected chi connectivity index (χ0v) is 14.0. The van der Waals surface area contributed by atoms with Crippen molar-refractivity contribution in [1.82, 2.24) is 24.5 Å². The lowest BCUT2D eigenvalue weighted by Gasteiger charge is -2.06. The lowest BCUT2D eigenvalue weighted by molar-refractivity contribution is 0.102. The number of fused-ring (bicyclic) bond motifs is 1. The molecule has 3 heterocycles. The van der Waals surface area contributed by atoms with Crippen LogP contribution in [0.15, 0.2) is 55.0 Å². The summed E-state index contributed by atoms with van der Waals surface area (Å²) in [6, 6.07) is 11.1. The normalized spacial score (nSPS) is 10.9. The van der Waals surface area contributed by atoms with Gasteiger partial charge in [0, 0.05) is 6.20 Å². The van der Waals surface area contributed by atoms with Crippen LogP contribution in [0.3, 0.4) is 0 Å². The summed E-state index contributed by atoms with van der Waals surface area (Å²) in [6.07, 6.45) is 3.01. The number of hydrogen-bond acceptors (Lipinski definition) is 5. The Morgan fingerprint density at radius 2 is 2.00 bits per heavy atom. The van der Waals surface area contributed by atoms with Crippen LogP contribution >= 0.6 is 0 Å². The van der Waals surface area contributed by atoms with E-state index >= 15 is 0 Å². The van der Waals surface area contributed by atoms with Gasteiger partial charge in [0.15, 0.2) is 11.1 Å². The fraction of sp³-hybridized carbons (Fsp3) is 0.0556. The van der Waals surface area contributed by atoms with Crippen molar-refractivity contribution in [2.24, 2.45) is 0 Å². The number of H-pyrrole nitrogens is 1. The number of nitrogens with one attached hydrogen (secondary N) is 3. The Kier molecular flexibility index (Phi) is 4.17. The van der Waals surface area contributed by atoms with Gasteiger partial charge in [-0.25, -0.2) is 9.37 Å². The summed E-state index contributed by atoms with van der Waals surface area (Å²) in [5.74, 6) is -0.540. The number of halogens is 1. The molecule has 0 fully saturated rings. The van der Waals surface area contributed by atoms with Gasteiger partial charge in [0.25, 0.3) is 5.91 Å². The zero-order chi connectivity index (χ0) is 18.8. The van der Waals surface area contributed by atoms with Gasteiger partial charge in [-0.05, 0) is 29.8 Å². The second kappa shape index (κ2) is 6.79. The number of carbonyl (C=O) groups is 1. The molecule has 4 aromatic rings. The predicted octanol–water partition coefficient (Wildman–Crippen LogP) is 2.07. The molecule has 3 aromatic heterocycles. The smallest absolute Gasteiger partial charge is 0.276 e. The van der Waals surface area contributed by atoms with E-state index in [0.717, 1.165) is 5.56 Å². The van der Waals surface area contributed by atoms with Gasteiger partial charge < -0.3 is 9.55 Å². The molecule has 0 bridgehead atoms. The molecule has 0 aliphatic rings. The van der Waals surface area contributed by atoms with E-state index in [2.05, 4.69) is 25.3 Å². The molecule has 0 radical (unpaired) electrons. The highest BCUT2D eigenvalue weighted by molar-refractivity contribution is 6.02. The van der Waals surface area contributed by atoms with Crippen LogP contribution in [0.2, 0.25) is 0 Å².